The van der Waals surface area contributed by atoms with Crippen molar-refractivity contribution >= 4 is 23.3 Å². The summed E-state index contributed by atoms with van der Waals surface area (Å²) in [6, 6.07) is 9.43. The van der Waals surface area contributed by atoms with Crippen molar-refractivity contribution in [3.05, 3.63) is 53.2 Å². The Morgan fingerprint density at radius 2 is 2.04 bits per heavy atom. The monoisotopic (exact) mass is 352 g/mol. The van der Waals surface area contributed by atoms with Crippen molar-refractivity contribution in [2.75, 3.05) is 30.4 Å². The van der Waals surface area contributed by atoms with E-state index in [9.17, 15) is 9.59 Å². The second-order valence-corrected chi connectivity index (χ2v) is 6.59. The third kappa shape index (κ3) is 3.69. The molecule has 1 aliphatic heterocycles. The quantitative estimate of drug-likeness (QED) is 0.897. The molecule has 0 fully saturated rings. The molecule has 0 radical (unpaired) electrons. The number of anilines is 2. The normalized spacial score (nSPS) is 12.7. The third-order valence-corrected chi connectivity index (χ3v) is 4.56. The van der Waals surface area contributed by atoms with Gasteiger partial charge in [-0.25, -0.2) is 4.98 Å². The number of nitrogens with one attached hydrogen (secondary N) is 1. The molecule has 2 aromatic rings. The summed E-state index contributed by atoms with van der Waals surface area (Å²) in [5.41, 5.74) is 3.55. The lowest BCUT2D eigenvalue weighted by atomic mass is 10.1. The number of pyridine rings is 1. The molecular weight excluding hydrogens is 328 g/mol. The van der Waals surface area contributed by atoms with Gasteiger partial charge in [-0.3, -0.25) is 9.59 Å². The van der Waals surface area contributed by atoms with Crippen molar-refractivity contribution in [2.24, 2.45) is 0 Å². The Morgan fingerprint density at radius 1 is 1.23 bits per heavy atom. The molecule has 1 aliphatic rings. The van der Waals surface area contributed by atoms with Crippen LogP contribution in [0.2, 0.25) is 0 Å². The first-order valence-electron chi connectivity index (χ1n) is 8.83. The number of aromatic nitrogens is 1. The fourth-order valence-electron chi connectivity index (χ4n) is 3.06. The van der Waals surface area contributed by atoms with E-state index in [2.05, 4.69) is 10.3 Å². The highest BCUT2D eigenvalue weighted by Gasteiger charge is 2.24. The molecule has 0 saturated heterocycles. The summed E-state index contributed by atoms with van der Waals surface area (Å²) in [6.07, 6.45) is 3.05. The average molecular weight is 352 g/mol. The van der Waals surface area contributed by atoms with E-state index >= 15 is 0 Å². The summed E-state index contributed by atoms with van der Waals surface area (Å²) in [6.45, 7) is 2.98. The maximum atomic E-state index is 12.4. The van der Waals surface area contributed by atoms with E-state index in [0.29, 0.717) is 25.1 Å². The van der Waals surface area contributed by atoms with Gasteiger partial charge in [0, 0.05) is 51.1 Å². The zero-order chi connectivity index (χ0) is 18.7. The predicted molar refractivity (Wildman–Crippen MR) is 103 cm³/mol. The van der Waals surface area contributed by atoms with Crippen molar-refractivity contribution < 1.29 is 9.59 Å². The Hall–Kier alpha value is -2.89. The van der Waals surface area contributed by atoms with E-state index in [-0.39, 0.29) is 11.8 Å². The van der Waals surface area contributed by atoms with Gasteiger partial charge >= 0.3 is 0 Å². The fourth-order valence-corrected chi connectivity index (χ4v) is 3.06. The van der Waals surface area contributed by atoms with Crippen LogP contribution >= 0.6 is 0 Å². The maximum Gasteiger partial charge on any atom is 0.251 e. The lowest BCUT2D eigenvalue weighted by Gasteiger charge is -2.16. The summed E-state index contributed by atoms with van der Waals surface area (Å²) >= 11 is 0. The smallest absolute Gasteiger partial charge is 0.251 e. The zero-order valence-corrected chi connectivity index (χ0v) is 15.5. The Labute approximate surface area is 153 Å². The molecule has 0 unspecified atom stereocenters. The summed E-state index contributed by atoms with van der Waals surface area (Å²) < 4.78 is 0. The van der Waals surface area contributed by atoms with E-state index in [4.69, 9.17) is 0 Å². The van der Waals surface area contributed by atoms with E-state index < -0.39 is 0 Å². The average Bonchev–Trinajstić information content (AvgIpc) is 3.09. The van der Waals surface area contributed by atoms with Gasteiger partial charge in [0.15, 0.2) is 0 Å². The minimum absolute atomic E-state index is 0.120. The minimum atomic E-state index is -0.121. The van der Waals surface area contributed by atoms with Crippen molar-refractivity contribution in [2.45, 2.75) is 26.3 Å². The first-order chi connectivity index (χ1) is 12.5. The van der Waals surface area contributed by atoms with Gasteiger partial charge in [-0.2, -0.15) is 0 Å². The molecule has 6 nitrogen and oxygen atoms in total. The predicted octanol–water partition coefficient (Wildman–Crippen LogP) is 2.38. The largest absolute Gasteiger partial charge is 0.363 e. The van der Waals surface area contributed by atoms with Gasteiger partial charge in [0.2, 0.25) is 5.91 Å². The molecule has 136 valence electrons. The van der Waals surface area contributed by atoms with Crippen LogP contribution in [-0.4, -0.2) is 37.4 Å². The molecule has 3 rings (SSSR count). The lowest BCUT2D eigenvalue weighted by molar-refractivity contribution is -0.118. The molecular formula is C20H24N4O2. The third-order valence-electron chi connectivity index (χ3n) is 4.56. The highest BCUT2D eigenvalue weighted by Crippen LogP contribution is 2.29. The van der Waals surface area contributed by atoms with Gasteiger partial charge in [-0.1, -0.05) is 13.0 Å². The van der Waals surface area contributed by atoms with Crippen LogP contribution in [0.1, 0.15) is 34.8 Å². The van der Waals surface area contributed by atoms with Crippen LogP contribution in [0.4, 0.5) is 11.5 Å². The van der Waals surface area contributed by atoms with E-state index in [1.54, 1.807) is 17.2 Å². The molecule has 0 bridgehead atoms. The van der Waals surface area contributed by atoms with Crippen molar-refractivity contribution in [3.8, 4) is 0 Å². The Morgan fingerprint density at radius 3 is 2.69 bits per heavy atom. The summed E-state index contributed by atoms with van der Waals surface area (Å²) in [4.78, 5) is 32.5. The number of carbonyl (C=O) groups is 2. The Balaban J connectivity index is 1.65. The molecule has 0 saturated carbocycles. The molecule has 6 heteroatoms. The van der Waals surface area contributed by atoms with Crippen LogP contribution in [0.3, 0.4) is 0 Å². The number of nitrogens with zero attached hydrogens (tertiary/aromatic N) is 3. The lowest BCUT2D eigenvalue weighted by Crippen LogP contribution is -2.27. The second-order valence-electron chi connectivity index (χ2n) is 6.59. The summed E-state index contributed by atoms with van der Waals surface area (Å²) in [7, 11) is 3.87. The zero-order valence-electron chi connectivity index (χ0n) is 15.5. The number of amides is 2. The first-order valence-corrected chi connectivity index (χ1v) is 8.83. The minimum Gasteiger partial charge on any atom is -0.363 e. The number of hydrogen-bond donors (Lipinski definition) is 1. The van der Waals surface area contributed by atoms with Crippen LogP contribution < -0.4 is 15.1 Å². The van der Waals surface area contributed by atoms with E-state index in [1.807, 2.05) is 50.2 Å². The highest BCUT2D eigenvalue weighted by atomic mass is 16.2. The number of fused-ring (bicyclic) bond motifs is 1. The molecule has 1 N–H and O–H groups in total. The van der Waals surface area contributed by atoms with Crippen LogP contribution in [0, 0.1) is 0 Å². The van der Waals surface area contributed by atoms with Crippen LogP contribution in [0.5, 0.6) is 0 Å². The van der Waals surface area contributed by atoms with Gasteiger partial charge in [0.25, 0.3) is 5.91 Å². The standard InChI is InChI=1S/C20H24N4O2/c1-4-19(25)24-10-9-15-11-16(6-7-17(15)24)20(26)22-13-14-5-8-18(21-12-14)23(2)3/h5-8,11-12H,4,9-10,13H2,1-3H3,(H,22,26). The number of benzene rings is 1. The molecule has 1 aromatic carbocycles. The number of carbonyl (C=O) groups excluding carboxylic acids is 2. The van der Waals surface area contributed by atoms with E-state index in [0.717, 1.165) is 29.1 Å². The van der Waals surface area contributed by atoms with Gasteiger partial charge < -0.3 is 15.1 Å². The molecule has 1 aromatic heterocycles. The molecule has 0 spiro atoms. The summed E-state index contributed by atoms with van der Waals surface area (Å²) in [5.74, 6) is 0.879. The SMILES string of the molecule is CCC(=O)N1CCc2cc(C(=O)NCc3ccc(N(C)C)nc3)ccc21. The number of rotatable bonds is 5. The first kappa shape index (κ1) is 17.9. The highest BCUT2D eigenvalue weighted by molar-refractivity contribution is 5.98. The number of hydrogen-bond acceptors (Lipinski definition) is 4. The summed E-state index contributed by atoms with van der Waals surface area (Å²) in [5, 5.41) is 2.93. The molecule has 0 aliphatic carbocycles. The van der Waals surface area contributed by atoms with Gasteiger partial charge in [-0.05, 0) is 41.8 Å². The molecule has 2 amide bonds. The Bertz CT molecular complexity index is 815. The Kier molecular flexibility index (Phi) is 5.21. The molecule has 26 heavy (non-hydrogen) atoms. The molecule has 0 atom stereocenters. The van der Waals surface area contributed by atoms with Crippen LogP contribution in [-0.2, 0) is 17.8 Å². The van der Waals surface area contributed by atoms with Crippen LogP contribution in [0.15, 0.2) is 36.5 Å². The van der Waals surface area contributed by atoms with E-state index in [1.165, 1.54) is 0 Å². The van der Waals surface area contributed by atoms with Gasteiger partial charge in [0.05, 0.1) is 0 Å². The van der Waals surface area contributed by atoms with Gasteiger partial charge in [0.1, 0.15) is 5.82 Å². The topological polar surface area (TPSA) is 65.5 Å². The van der Waals surface area contributed by atoms with Crippen molar-refractivity contribution in [1.29, 1.82) is 0 Å². The van der Waals surface area contributed by atoms with Gasteiger partial charge in [-0.15, -0.1) is 0 Å². The molecule has 2 heterocycles. The van der Waals surface area contributed by atoms with Crippen molar-refractivity contribution in [1.82, 2.24) is 10.3 Å². The van der Waals surface area contributed by atoms with Crippen LogP contribution in [0.25, 0.3) is 0 Å². The second kappa shape index (κ2) is 7.56. The van der Waals surface area contributed by atoms with Crippen molar-refractivity contribution in [3.63, 3.8) is 0 Å². The fraction of sp³-hybridized carbons (Fsp3) is 0.350. The maximum absolute atomic E-state index is 12.4.